The molecule has 2 aromatic rings. The van der Waals surface area contributed by atoms with Crippen molar-refractivity contribution in [1.82, 2.24) is 10.3 Å². The molecule has 0 radical (unpaired) electrons. The van der Waals surface area contributed by atoms with Gasteiger partial charge in [0, 0.05) is 24.0 Å². The molecule has 0 aliphatic carbocycles. The molecule has 2 amide bonds. The lowest BCUT2D eigenvalue weighted by Gasteiger charge is -2.13. The predicted molar refractivity (Wildman–Crippen MR) is 100.0 cm³/mol. The van der Waals surface area contributed by atoms with Crippen LogP contribution in [-0.2, 0) is 6.42 Å². The Bertz CT molecular complexity index is 756. The number of benzene rings is 1. The molecule has 0 fully saturated rings. The van der Waals surface area contributed by atoms with Crippen LogP contribution in [0.1, 0.15) is 58.7 Å². The van der Waals surface area contributed by atoms with E-state index < -0.39 is 0 Å². The molecule has 0 aliphatic rings. The Hall–Kier alpha value is -2.69. The lowest BCUT2D eigenvalue weighted by atomic mass is 10.1. The number of aromatic nitrogens is 1. The van der Waals surface area contributed by atoms with E-state index in [9.17, 15) is 9.59 Å². The molecule has 0 aliphatic heterocycles. The fourth-order valence-corrected chi connectivity index (χ4v) is 2.55. The maximum atomic E-state index is 12.6. The molecular weight excluding hydrogens is 314 g/mol. The highest BCUT2D eigenvalue weighted by Crippen LogP contribution is 2.22. The molecule has 132 valence electrons. The van der Waals surface area contributed by atoms with E-state index in [-0.39, 0.29) is 17.5 Å². The van der Waals surface area contributed by atoms with Crippen LogP contribution in [0.15, 0.2) is 36.5 Å². The summed E-state index contributed by atoms with van der Waals surface area (Å²) in [5, 5.41) is 5.78. The van der Waals surface area contributed by atoms with Gasteiger partial charge in [-0.3, -0.25) is 14.6 Å². The van der Waals surface area contributed by atoms with Gasteiger partial charge < -0.3 is 10.6 Å². The van der Waals surface area contributed by atoms with Crippen LogP contribution in [0, 0.1) is 6.92 Å². The van der Waals surface area contributed by atoms with Crippen LogP contribution in [0.3, 0.4) is 0 Å². The molecule has 5 nitrogen and oxygen atoms in total. The van der Waals surface area contributed by atoms with E-state index in [0.717, 1.165) is 36.1 Å². The molecule has 2 rings (SSSR count). The van der Waals surface area contributed by atoms with Crippen LogP contribution >= 0.6 is 0 Å². The zero-order chi connectivity index (χ0) is 18.2. The Kier molecular flexibility index (Phi) is 6.69. The normalized spacial score (nSPS) is 10.4. The summed E-state index contributed by atoms with van der Waals surface area (Å²) >= 11 is 0. The van der Waals surface area contributed by atoms with Crippen molar-refractivity contribution in [3.05, 3.63) is 58.9 Å². The van der Waals surface area contributed by atoms with Crippen LogP contribution in [-0.4, -0.2) is 23.3 Å². The average Bonchev–Trinajstić information content (AvgIpc) is 2.63. The molecule has 0 spiro atoms. The molecule has 1 aromatic carbocycles. The van der Waals surface area contributed by atoms with Crippen molar-refractivity contribution in [3.63, 3.8) is 0 Å². The minimum absolute atomic E-state index is 0.242. The third-order valence-electron chi connectivity index (χ3n) is 4.05. The van der Waals surface area contributed by atoms with Gasteiger partial charge in [0.2, 0.25) is 0 Å². The van der Waals surface area contributed by atoms with Gasteiger partial charge in [-0.25, -0.2) is 0 Å². The summed E-state index contributed by atoms with van der Waals surface area (Å²) in [4.78, 5) is 28.8. The van der Waals surface area contributed by atoms with Crippen LogP contribution in [0.25, 0.3) is 0 Å². The summed E-state index contributed by atoms with van der Waals surface area (Å²) in [6, 6.07) is 9.09. The first-order valence-corrected chi connectivity index (χ1v) is 8.70. The van der Waals surface area contributed by atoms with Gasteiger partial charge in [0.05, 0.1) is 0 Å². The smallest absolute Gasteiger partial charge is 0.269 e. The Morgan fingerprint density at radius 3 is 2.64 bits per heavy atom. The molecule has 0 unspecified atom stereocenters. The van der Waals surface area contributed by atoms with Crippen molar-refractivity contribution in [2.75, 3.05) is 11.9 Å². The molecule has 0 bridgehead atoms. The zero-order valence-electron chi connectivity index (χ0n) is 15.1. The van der Waals surface area contributed by atoms with Crippen LogP contribution in [0.2, 0.25) is 0 Å². The molecule has 5 heteroatoms. The van der Waals surface area contributed by atoms with Gasteiger partial charge in [-0.1, -0.05) is 38.5 Å². The Balaban J connectivity index is 2.15. The minimum atomic E-state index is -0.256. The number of anilines is 1. The standard InChI is InChI=1S/C20H25N3O2/c1-4-6-11-22-20(25)17-13-16(10-12-21-17)19(24)23-18-14(3)8-7-9-15(18)5-2/h7-10,12-13H,4-6,11H2,1-3H3,(H,22,25)(H,23,24). The summed E-state index contributed by atoms with van der Waals surface area (Å²) in [6.45, 7) is 6.69. The molecule has 0 atom stereocenters. The highest BCUT2D eigenvalue weighted by molar-refractivity contribution is 6.06. The van der Waals surface area contributed by atoms with Gasteiger partial charge in [-0.2, -0.15) is 0 Å². The molecule has 2 N–H and O–H groups in total. The number of rotatable bonds is 7. The van der Waals surface area contributed by atoms with E-state index in [0.29, 0.717) is 12.1 Å². The third-order valence-corrected chi connectivity index (χ3v) is 4.05. The Morgan fingerprint density at radius 1 is 1.12 bits per heavy atom. The Labute approximate surface area is 148 Å². The lowest BCUT2D eigenvalue weighted by molar-refractivity contribution is 0.0948. The highest BCUT2D eigenvalue weighted by Gasteiger charge is 2.14. The number of carbonyl (C=O) groups excluding carboxylic acids is 2. The number of hydrogen-bond donors (Lipinski definition) is 2. The first-order chi connectivity index (χ1) is 12.1. The molecule has 25 heavy (non-hydrogen) atoms. The number of hydrogen-bond acceptors (Lipinski definition) is 3. The Morgan fingerprint density at radius 2 is 1.92 bits per heavy atom. The number of nitrogens with zero attached hydrogens (tertiary/aromatic N) is 1. The third kappa shape index (κ3) is 4.89. The number of aryl methyl sites for hydroxylation is 2. The van der Waals surface area contributed by atoms with Gasteiger partial charge in [0.1, 0.15) is 5.69 Å². The van der Waals surface area contributed by atoms with Gasteiger partial charge in [-0.15, -0.1) is 0 Å². The van der Waals surface area contributed by atoms with E-state index in [1.54, 1.807) is 6.07 Å². The summed E-state index contributed by atoms with van der Waals surface area (Å²) < 4.78 is 0. The SMILES string of the molecule is CCCCNC(=O)c1cc(C(=O)Nc2c(C)cccc2CC)ccn1. The molecule has 0 saturated heterocycles. The number of para-hydroxylation sites is 1. The van der Waals surface area contributed by atoms with Crippen LogP contribution in [0.5, 0.6) is 0 Å². The lowest BCUT2D eigenvalue weighted by Crippen LogP contribution is -2.25. The van der Waals surface area contributed by atoms with E-state index in [2.05, 4.69) is 29.5 Å². The predicted octanol–water partition coefficient (Wildman–Crippen LogP) is 3.73. The summed E-state index contributed by atoms with van der Waals surface area (Å²) in [5.41, 5.74) is 3.60. The second-order valence-electron chi connectivity index (χ2n) is 5.96. The first kappa shape index (κ1) is 18.6. The number of unbranched alkanes of at least 4 members (excludes halogenated alkanes) is 1. The van der Waals surface area contributed by atoms with Crippen molar-refractivity contribution in [2.45, 2.75) is 40.0 Å². The summed E-state index contributed by atoms with van der Waals surface area (Å²) in [5.74, 6) is -0.498. The van der Waals surface area contributed by atoms with Gasteiger partial charge in [-0.05, 0) is 43.0 Å². The maximum Gasteiger partial charge on any atom is 0.269 e. The largest absolute Gasteiger partial charge is 0.351 e. The second kappa shape index (κ2) is 8.97. The van der Waals surface area contributed by atoms with Gasteiger partial charge in [0.15, 0.2) is 0 Å². The zero-order valence-corrected chi connectivity index (χ0v) is 15.1. The number of pyridine rings is 1. The topological polar surface area (TPSA) is 71.1 Å². The van der Waals surface area contributed by atoms with E-state index >= 15 is 0 Å². The minimum Gasteiger partial charge on any atom is -0.351 e. The van der Waals surface area contributed by atoms with Crippen molar-refractivity contribution in [3.8, 4) is 0 Å². The van der Waals surface area contributed by atoms with Crippen molar-refractivity contribution >= 4 is 17.5 Å². The summed E-state index contributed by atoms with van der Waals surface area (Å²) in [7, 11) is 0. The number of amides is 2. The van der Waals surface area contributed by atoms with E-state index in [1.165, 1.54) is 12.3 Å². The first-order valence-electron chi connectivity index (χ1n) is 8.70. The maximum absolute atomic E-state index is 12.6. The second-order valence-corrected chi connectivity index (χ2v) is 5.96. The fourth-order valence-electron chi connectivity index (χ4n) is 2.55. The van der Waals surface area contributed by atoms with Crippen LogP contribution < -0.4 is 10.6 Å². The highest BCUT2D eigenvalue weighted by atomic mass is 16.2. The average molecular weight is 339 g/mol. The quantitative estimate of drug-likeness (QED) is 0.755. The van der Waals surface area contributed by atoms with E-state index in [1.807, 2.05) is 25.1 Å². The number of nitrogens with one attached hydrogen (secondary N) is 2. The van der Waals surface area contributed by atoms with Crippen molar-refractivity contribution in [2.24, 2.45) is 0 Å². The summed E-state index contributed by atoms with van der Waals surface area (Å²) in [6.07, 6.45) is 4.24. The molecule has 1 aromatic heterocycles. The molecular formula is C20H25N3O2. The van der Waals surface area contributed by atoms with Gasteiger partial charge >= 0.3 is 0 Å². The number of carbonyl (C=O) groups is 2. The van der Waals surface area contributed by atoms with Crippen molar-refractivity contribution < 1.29 is 9.59 Å². The van der Waals surface area contributed by atoms with Crippen molar-refractivity contribution in [1.29, 1.82) is 0 Å². The molecule has 1 heterocycles. The van der Waals surface area contributed by atoms with Gasteiger partial charge in [0.25, 0.3) is 11.8 Å². The van der Waals surface area contributed by atoms with E-state index in [4.69, 9.17) is 0 Å². The monoisotopic (exact) mass is 339 g/mol. The fraction of sp³-hybridized carbons (Fsp3) is 0.350. The molecule has 0 saturated carbocycles. The van der Waals surface area contributed by atoms with Crippen LogP contribution in [0.4, 0.5) is 5.69 Å².